The lowest BCUT2D eigenvalue weighted by Gasteiger charge is -2.37. The minimum absolute atomic E-state index is 0.600. The number of aliphatic imine (C=N–C) groups is 1. The van der Waals surface area contributed by atoms with Crippen molar-refractivity contribution in [3.8, 4) is 0 Å². The van der Waals surface area contributed by atoms with E-state index in [4.69, 9.17) is 4.98 Å². The summed E-state index contributed by atoms with van der Waals surface area (Å²) in [6, 6.07) is 8.87. The first kappa shape index (κ1) is 19.2. The summed E-state index contributed by atoms with van der Waals surface area (Å²) in [5.74, 6) is 4.35. The Labute approximate surface area is 175 Å². The van der Waals surface area contributed by atoms with E-state index >= 15 is 0 Å². The van der Waals surface area contributed by atoms with Gasteiger partial charge in [0.05, 0.1) is 5.52 Å². The van der Waals surface area contributed by atoms with E-state index in [1.807, 2.05) is 19.5 Å². The molecule has 1 aliphatic carbocycles. The molecule has 3 heterocycles. The van der Waals surface area contributed by atoms with E-state index in [0.717, 1.165) is 34.8 Å². The van der Waals surface area contributed by atoms with Crippen LogP contribution in [0.1, 0.15) is 36.8 Å². The summed E-state index contributed by atoms with van der Waals surface area (Å²) in [6.07, 6.45) is 6.51. The summed E-state index contributed by atoms with van der Waals surface area (Å²) in [5, 5.41) is 1.31. The number of pyridine rings is 1. The number of hydrogen-bond acceptors (Lipinski definition) is 4. The molecule has 3 fully saturated rings. The van der Waals surface area contributed by atoms with E-state index in [-0.39, 0.29) is 0 Å². The molecule has 0 N–H and O–H groups in total. The predicted molar refractivity (Wildman–Crippen MR) is 121 cm³/mol. The van der Waals surface area contributed by atoms with Crippen molar-refractivity contribution in [2.75, 3.05) is 46.8 Å². The van der Waals surface area contributed by atoms with E-state index in [1.165, 1.54) is 56.5 Å². The summed E-state index contributed by atoms with van der Waals surface area (Å²) >= 11 is 0. The van der Waals surface area contributed by atoms with Crippen LogP contribution in [0.15, 0.2) is 35.5 Å². The molecule has 0 amide bonds. The second kappa shape index (κ2) is 7.81. The summed E-state index contributed by atoms with van der Waals surface area (Å²) in [4.78, 5) is 14.2. The van der Waals surface area contributed by atoms with Gasteiger partial charge in [0.2, 0.25) is 0 Å². The van der Waals surface area contributed by atoms with Gasteiger partial charge in [-0.2, -0.15) is 0 Å². The first-order valence-electron chi connectivity index (χ1n) is 11.3. The van der Waals surface area contributed by atoms with Gasteiger partial charge in [-0.3, -0.25) is 9.98 Å². The molecule has 29 heavy (non-hydrogen) atoms. The Kier molecular flexibility index (Phi) is 5.17. The van der Waals surface area contributed by atoms with Crippen molar-refractivity contribution in [2.24, 2.45) is 28.7 Å². The SMILES string of the molecule is C/N=C\c1ccc([C@@H]2C[C@@H](C)CN(CC[C@@H]3[C@H]4CN(C)C[C@@H]34)C2)c2cccnc12. The molecule has 2 saturated heterocycles. The number of fused-ring (bicyclic) bond motifs is 2. The van der Waals surface area contributed by atoms with Crippen LogP contribution in [0.2, 0.25) is 0 Å². The molecular weight excluding hydrogens is 356 g/mol. The van der Waals surface area contributed by atoms with Crippen molar-refractivity contribution in [2.45, 2.75) is 25.7 Å². The van der Waals surface area contributed by atoms with Gasteiger partial charge in [-0.25, -0.2) is 0 Å². The molecule has 5 rings (SSSR count). The van der Waals surface area contributed by atoms with Crippen LogP contribution in [0.5, 0.6) is 0 Å². The van der Waals surface area contributed by atoms with Crippen LogP contribution in [0.4, 0.5) is 0 Å². The van der Waals surface area contributed by atoms with Crippen LogP contribution in [-0.4, -0.2) is 67.8 Å². The second-order valence-corrected chi connectivity index (χ2v) is 9.83. The van der Waals surface area contributed by atoms with Crippen molar-refractivity contribution in [1.29, 1.82) is 0 Å². The largest absolute Gasteiger partial charge is 0.306 e. The molecule has 1 aromatic carbocycles. The summed E-state index contributed by atoms with van der Waals surface area (Å²) < 4.78 is 0. The zero-order valence-corrected chi connectivity index (χ0v) is 18.1. The molecule has 0 spiro atoms. The first-order valence-corrected chi connectivity index (χ1v) is 11.3. The lowest BCUT2D eigenvalue weighted by Crippen LogP contribution is -2.39. The maximum Gasteiger partial charge on any atom is 0.0792 e. The van der Waals surface area contributed by atoms with Gasteiger partial charge in [0.25, 0.3) is 0 Å². The molecule has 0 radical (unpaired) electrons. The number of nitrogens with zero attached hydrogens (tertiary/aromatic N) is 4. The Bertz CT molecular complexity index is 895. The Morgan fingerprint density at radius 2 is 1.97 bits per heavy atom. The Morgan fingerprint density at radius 1 is 1.14 bits per heavy atom. The highest BCUT2D eigenvalue weighted by Crippen LogP contribution is 2.53. The molecule has 154 valence electrons. The van der Waals surface area contributed by atoms with Crippen LogP contribution >= 0.6 is 0 Å². The van der Waals surface area contributed by atoms with Crippen molar-refractivity contribution in [1.82, 2.24) is 14.8 Å². The molecule has 4 nitrogen and oxygen atoms in total. The topological polar surface area (TPSA) is 31.7 Å². The maximum absolute atomic E-state index is 4.69. The number of likely N-dealkylation sites (tertiary alicyclic amines) is 2. The molecule has 2 aliphatic heterocycles. The van der Waals surface area contributed by atoms with Crippen LogP contribution < -0.4 is 0 Å². The normalized spacial score (nSPS) is 32.9. The Hall–Kier alpha value is -1.78. The van der Waals surface area contributed by atoms with Crippen molar-refractivity contribution in [3.63, 3.8) is 0 Å². The molecule has 0 bridgehead atoms. The van der Waals surface area contributed by atoms with E-state index in [9.17, 15) is 0 Å². The third-order valence-electron chi connectivity index (χ3n) is 7.61. The number of benzene rings is 1. The van der Waals surface area contributed by atoms with Crippen LogP contribution in [0, 0.1) is 23.7 Å². The lowest BCUT2D eigenvalue weighted by atomic mass is 9.83. The number of aromatic nitrogens is 1. The van der Waals surface area contributed by atoms with Gasteiger partial charge in [-0.15, -0.1) is 0 Å². The van der Waals surface area contributed by atoms with Gasteiger partial charge < -0.3 is 9.80 Å². The molecule has 3 aliphatic rings. The van der Waals surface area contributed by atoms with Gasteiger partial charge in [-0.1, -0.05) is 25.1 Å². The molecule has 4 heteroatoms. The number of piperidine rings is 2. The summed E-state index contributed by atoms with van der Waals surface area (Å²) in [6.45, 7) is 8.83. The third kappa shape index (κ3) is 3.73. The summed E-state index contributed by atoms with van der Waals surface area (Å²) in [7, 11) is 4.10. The number of hydrogen-bond donors (Lipinski definition) is 0. The standard InChI is InChI=1S/C25H34N4/c1-17-11-19(14-29(13-17)10-8-21-23-15-28(3)16-24(21)23)20-7-6-18(12-26-2)25-22(20)5-4-9-27-25/h4-7,9,12,17,19,21,23-24H,8,10-11,13-16H2,1-3H3/b26-12-/t17-,19-,21-,23-,24+/m1/s1. The van der Waals surface area contributed by atoms with Crippen LogP contribution in [0.3, 0.4) is 0 Å². The molecule has 2 aromatic rings. The van der Waals surface area contributed by atoms with E-state index < -0.39 is 0 Å². The number of rotatable bonds is 5. The zero-order valence-electron chi connectivity index (χ0n) is 18.1. The molecule has 1 saturated carbocycles. The quantitative estimate of drug-likeness (QED) is 0.726. The fraction of sp³-hybridized carbons (Fsp3) is 0.600. The highest BCUT2D eigenvalue weighted by atomic mass is 15.2. The van der Waals surface area contributed by atoms with Crippen molar-refractivity contribution < 1.29 is 0 Å². The average Bonchev–Trinajstić information content (AvgIpc) is 3.18. The molecule has 1 aromatic heterocycles. The molecule has 5 atom stereocenters. The van der Waals surface area contributed by atoms with Gasteiger partial charge in [0.15, 0.2) is 0 Å². The smallest absolute Gasteiger partial charge is 0.0792 e. The van der Waals surface area contributed by atoms with Gasteiger partial charge in [0.1, 0.15) is 0 Å². The maximum atomic E-state index is 4.69. The minimum atomic E-state index is 0.600. The first-order chi connectivity index (χ1) is 14.1. The fourth-order valence-corrected chi connectivity index (χ4v) is 6.31. The minimum Gasteiger partial charge on any atom is -0.306 e. The van der Waals surface area contributed by atoms with Crippen LogP contribution in [0.25, 0.3) is 10.9 Å². The van der Waals surface area contributed by atoms with Crippen LogP contribution in [-0.2, 0) is 0 Å². The molecule has 0 unspecified atom stereocenters. The van der Waals surface area contributed by atoms with Crippen molar-refractivity contribution >= 4 is 17.1 Å². The lowest BCUT2D eigenvalue weighted by molar-refractivity contribution is 0.157. The predicted octanol–water partition coefficient (Wildman–Crippen LogP) is 3.91. The van der Waals surface area contributed by atoms with Crippen molar-refractivity contribution in [3.05, 3.63) is 41.6 Å². The fourth-order valence-electron chi connectivity index (χ4n) is 6.31. The summed E-state index contributed by atoms with van der Waals surface area (Å²) in [5.41, 5.74) is 3.69. The highest BCUT2D eigenvalue weighted by molar-refractivity contribution is 5.98. The average molecular weight is 391 g/mol. The third-order valence-corrected chi connectivity index (χ3v) is 7.61. The monoisotopic (exact) mass is 390 g/mol. The molecular formula is C25H34N4. The van der Waals surface area contributed by atoms with Gasteiger partial charge >= 0.3 is 0 Å². The Morgan fingerprint density at radius 3 is 2.76 bits per heavy atom. The van der Waals surface area contributed by atoms with E-state index in [2.05, 4.69) is 53.0 Å². The van der Waals surface area contributed by atoms with E-state index in [0.29, 0.717) is 5.92 Å². The van der Waals surface area contributed by atoms with Gasteiger partial charge in [-0.05, 0) is 67.7 Å². The van der Waals surface area contributed by atoms with Gasteiger partial charge in [0, 0.05) is 56.6 Å². The highest BCUT2D eigenvalue weighted by Gasteiger charge is 2.53. The Balaban J connectivity index is 1.31. The second-order valence-electron chi connectivity index (χ2n) is 9.83. The van der Waals surface area contributed by atoms with E-state index in [1.54, 1.807) is 0 Å². The zero-order chi connectivity index (χ0) is 20.0.